The Kier molecular flexibility index (Phi) is 5.86. The summed E-state index contributed by atoms with van der Waals surface area (Å²) in [7, 11) is 0. The van der Waals surface area contributed by atoms with Crippen LogP contribution >= 0.6 is 0 Å². The average Bonchev–Trinajstić information content (AvgIpc) is 2.76. The van der Waals surface area contributed by atoms with Gasteiger partial charge in [-0.2, -0.15) is 0 Å². The lowest BCUT2D eigenvalue weighted by Gasteiger charge is -2.39. The second kappa shape index (κ2) is 8.71. The van der Waals surface area contributed by atoms with Crippen LogP contribution in [-0.2, 0) is 0 Å². The van der Waals surface area contributed by atoms with Crippen molar-refractivity contribution in [3.05, 3.63) is 107 Å². The molecular formula is C24H21F3N2O. The lowest BCUT2D eigenvalue weighted by Crippen LogP contribution is -2.50. The van der Waals surface area contributed by atoms with E-state index in [0.29, 0.717) is 26.2 Å². The maximum Gasteiger partial charge on any atom is 0.259 e. The van der Waals surface area contributed by atoms with E-state index in [1.807, 2.05) is 30.3 Å². The van der Waals surface area contributed by atoms with Crippen molar-refractivity contribution < 1.29 is 18.0 Å². The van der Waals surface area contributed by atoms with Gasteiger partial charge < -0.3 is 4.90 Å². The molecule has 0 bridgehead atoms. The van der Waals surface area contributed by atoms with Crippen LogP contribution in [0.1, 0.15) is 27.5 Å². The van der Waals surface area contributed by atoms with Gasteiger partial charge in [0.05, 0.1) is 6.04 Å². The number of rotatable bonds is 4. The molecule has 0 aliphatic carbocycles. The fraction of sp³-hybridized carbons (Fsp3) is 0.208. The van der Waals surface area contributed by atoms with Crippen molar-refractivity contribution in [2.75, 3.05) is 26.2 Å². The average molecular weight is 410 g/mol. The molecule has 1 fully saturated rings. The number of hydrogen-bond donors (Lipinski definition) is 0. The van der Waals surface area contributed by atoms with Crippen molar-refractivity contribution in [2.45, 2.75) is 6.04 Å². The number of carbonyl (C=O) groups excluding carboxylic acids is 1. The molecule has 6 heteroatoms. The number of nitrogens with zero attached hydrogens (tertiary/aromatic N) is 2. The van der Waals surface area contributed by atoms with Crippen LogP contribution in [0.3, 0.4) is 0 Å². The highest BCUT2D eigenvalue weighted by Crippen LogP contribution is 2.30. The van der Waals surface area contributed by atoms with E-state index in [1.54, 1.807) is 12.1 Å². The molecule has 3 aromatic carbocycles. The van der Waals surface area contributed by atoms with Crippen LogP contribution in [-0.4, -0.2) is 41.9 Å². The molecule has 0 N–H and O–H groups in total. The summed E-state index contributed by atoms with van der Waals surface area (Å²) in [6, 6.07) is 19.6. The smallest absolute Gasteiger partial charge is 0.259 e. The Morgan fingerprint density at radius 1 is 0.700 bits per heavy atom. The maximum absolute atomic E-state index is 14.0. The lowest BCUT2D eigenvalue weighted by molar-refractivity contribution is 0.0588. The van der Waals surface area contributed by atoms with Gasteiger partial charge in [-0.3, -0.25) is 9.69 Å². The predicted molar refractivity (Wildman–Crippen MR) is 109 cm³/mol. The van der Waals surface area contributed by atoms with Crippen molar-refractivity contribution in [3.8, 4) is 0 Å². The lowest BCUT2D eigenvalue weighted by atomic mass is 9.96. The van der Waals surface area contributed by atoms with E-state index in [4.69, 9.17) is 0 Å². The zero-order valence-electron chi connectivity index (χ0n) is 16.3. The van der Waals surface area contributed by atoms with Crippen LogP contribution in [0.25, 0.3) is 0 Å². The zero-order chi connectivity index (χ0) is 21.1. The van der Waals surface area contributed by atoms with Crippen molar-refractivity contribution >= 4 is 5.91 Å². The van der Waals surface area contributed by atoms with Crippen LogP contribution in [0.4, 0.5) is 13.2 Å². The molecule has 3 aromatic rings. The van der Waals surface area contributed by atoms with Gasteiger partial charge in [0.1, 0.15) is 23.0 Å². The number of amides is 1. The number of halogens is 3. The monoisotopic (exact) mass is 410 g/mol. The molecule has 0 saturated carbocycles. The summed E-state index contributed by atoms with van der Waals surface area (Å²) < 4.78 is 41.5. The molecule has 154 valence electrons. The van der Waals surface area contributed by atoms with Crippen LogP contribution in [0.2, 0.25) is 0 Å². The Labute approximate surface area is 173 Å². The summed E-state index contributed by atoms with van der Waals surface area (Å²) in [5.41, 5.74) is 1.50. The minimum absolute atomic E-state index is 0.103. The first-order valence-corrected chi connectivity index (χ1v) is 9.82. The molecule has 1 aliphatic rings. The number of hydrogen-bond acceptors (Lipinski definition) is 2. The number of piperazine rings is 1. The zero-order valence-corrected chi connectivity index (χ0v) is 16.3. The predicted octanol–water partition coefficient (Wildman–Crippen LogP) is 4.65. The first kappa shape index (κ1) is 20.2. The van der Waals surface area contributed by atoms with E-state index in [2.05, 4.69) is 4.90 Å². The number of carbonyl (C=O) groups is 1. The molecule has 3 nitrogen and oxygen atoms in total. The van der Waals surface area contributed by atoms with Crippen molar-refractivity contribution in [2.24, 2.45) is 0 Å². The molecule has 1 saturated heterocycles. The Morgan fingerprint density at radius 2 is 1.27 bits per heavy atom. The largest absolute Gasteiger partial charge is 0.336 e. The highest BCUT2D eigenvalue weighted by molar-refractivity contribution is 5.94. The first-order chi connectivity index (χ1) is 14.5. The maximum atomic E-state index is 14.0. The Balaban J connectivity index is 1.54. The van der Waals surface area contributed by atoms with E-state index in [0.717, 1.165) is 23.3 Å². The molecule has 0 aromatic heterocycles. The van der Waals surface area contributed by atoms with Gasteiger partial charge in [-0.25, -0.2) is 13.2 Å². The molecule has 0 spiro atoms. The van der Waals surface area contributed by atoms with Gasteiger partial charge in [-0.05, 0) is 35.4 Å². The van der Waals surface area contributed by atoms with Gasteiger partial charge in [0.25, 0.3) is 5.91 Å². The molecule has 1 amide bonds. The fourth-order valence-electron chi connectivity index (χ4n) is 3.94. The topological polar surface area (TPSA) is 23.6 Å². The molecule has 4 rings (SSSR count). The molecule has 0 radical (unpaired) electrons. The van der Waals surface area contributed by atoms with Crippen LogP contribution in [0.15, 0.2) is 72.8 Å². The quantitative estimate of drug-likeness (QED) is 0.625. The fourth-order valence-corrected chi connectivity index (χ4v) is 3.94. The third-order valence-corrected chi connectivity index (χ3v) is 5.44. The van der Waals surface area contributed by atoms with Crippen LogP contribution in [0.5, 0.6) is 0 Å². The molecule has 0 unspecified atom stereocenters. The second-order valence-corrected chi connectivity index (χ2v) is 7.29. The summed E-state index contributed by atoms with van der Waals surface area (Å²) in [5.74, 6) is -2.64. The van der Waals surface area contributed by atoms with Crippen molar-refractivity contribution in [1.29, 1.82) is 0 Å². The standard InChI is InChI=1S/C24H21F3N2O/c25-19-11-9-18(10-12-19)23(17-5-2-1-3-6-17)28-13-15-29(16-14-28)24(30)22-20(26)7-4-8-21(22)27/h1-12,23H,13-16H2/t23-/m0/s1. The minimum Gasteiger partial charge on any atom is -0.336 e. The number of benzene rings is 3. The van der Waals surface area contributed by atoms with Crippen LogP contribution in [0, 0.1) is 17.5 Å². The second-order valence-electron chi connectivity index (χ2n) is 7.29. The van der Waals surface area contributed by atoms with Gasteiger partial charge in [0, 0.05) is 26.2 Å². The summed E-state index contributed by atoms with van der Waals surface area (Å²) in [6.45, 7) is 1.74. The first-order valence-electron chi connectivity index (χ1n) is 9.82. The van der Waals surface area contributed by atoms with E-state index in [1.165, 1.54) is 23.1 Å². The van der Waals surface area contributed by atoms with E-state index in [-0.39, 0.29) is 11.9 Å². The molecule has 1 heterocycles. The molecule has 1 aliphatic heterocycles. The molecule has 1 atom stereocenters. The third-order valence-electron chi connectivity index (χ3n) is 5.44. The van der Waals surface area contributed by atoms with Crippen LogP contribution < -0.4 is 0 Å². The van der Waals surface area contributed by atoms with Crippen molar-refractivity contribution in [3.63, 3.8) is 0 Å². The Morgan fingerprint density at radius 3 is 1.87 bits per heavy atom. The summed E-state index contributed by atoms with van der Waals surface area (Å²) in [4.78, 5) is 16.4. The highest BCUT2D eigenvalue weighted by atomic mass is 19.1. The van der Waals surface area contributed by atoms with E-state index >= 15 is 0 Å². The van der Waals surface area contributed by atoms with E-state index in [9.17, 15) is 18.0 Å². The van der Waals surface area contributed by atoms with Gasteiger partial charge in [0.15, 0.2) is 0 Å². The Bertz CT molecular complexity index is 996. The van der Waals surface area contributed by atoms with Gasteiger partial charge >= 0.3 is 0 Å². The summed E-state index contributed by atoms with van der Waals surface area (Å²) in [6.07, 6.45) is 0. The van der Waals surface area contributed by atoms with Gasteiger partial charge in [-0.15, -0.1) is 0 Å². The molecular weight excluding hydrogens is 389 g/mol. The minimum atomic E-state index is -0.851. The summed E-state index contributed by atoms with van der Waals surface area (Å²) in [5, 5.41) is 0. The van der Waals surface area contributed by atoms with Gasteiger partial charge in [-0.1, -0.05) is 48.5 Å². The summed E-state index contributed by atoms with van der Waals surface area (Å²) >= 11 is 0. The van der Waals surface area contributed by atoms with Crippen molar-refractivity contribution in [1.82, 2.24) is 9.80 Å². The van der Waals surface area contributed by atoms with Gasteiger partial charge in [0.2, 0.25) is 0 Å². The Hall–Kier alpha value is -3.12. The van der Waals surface area contributed by atoms with E-state index < -0.39 is 23.1 Å². The molecule has 30 heavy (non-hydrogen) atoms. The highest BCUT2D eigenvalue weighted by Gasteiger charge is 2.30. The normalized spacial score (nSPS) is 15.8. The third kappa shape index (κ3) is 4.09. The SMILES string of the molecule is O=C(c1c(F)cccc1F)N1CCN([C@@H](c2ccccc2)c2ccc(F)cc2)CC1.